The number of nitrogens with one attached hydrogen (secondary N) is 1. The van der Waals surface area contributed by atoms with Crippen molar-refractivity contribution < 1.29 is 15.0 Å². The third-order valence-electron chi connectivity index (χ3n) is 1.49. The van der Waals surface area contributed by atoms with Crippen LogP contribution in [0, 0.1) is 7.05 Å². The predicted octanol–water partition coefficient (Wildman–Crippen LogP) is -0.769. The summed E-state index contributed by atoms with van der Waals surface area (Å²) < 4.78 is 5.24. The molecule has 1 rings (SSSR count). The molecule has 1 saturated heterocycles. The lowest BCUT2D eigenvalue weighted by molar-refractivity contribution is -1.05. The van der Waals surface area contributed by atoms with Gasteiger partial charge in [0, 0.05) is 6.61 Å². The second-order valence-electron chi connectivity index (χ2n) is 2.41. The van der Waals surface area contributed by atoms with Crippen LogP contribution in [0.15, 0.2) is 0 Å². The van der Waals surface area contributed by atoms with E-state index in [1.165, 1.54) is 0 Å². The number of hydroxylamine groups is 2. The fourth-order valence-electron chi connectivity index (χ4n) is 1.07. The smallest absolute Gasteiger partial charge is 0.108 e. The summed E-state index contributed by atoms with van der Waals surface area (Å²) in [4.78, 5) is 0. The zero-order valence-corrected chi connectivity index (χ0v) is 5.47. The Balaban J connectivity index is 2.11. The van der Waals surface area contributed by atoms with E-state index in [2.05, 4.69) is 7.05 Å². The fraction of sp³-hybridized carbons (Fsp3) is 0.833. The van der Waals surface area contributed by atoms with Gasteiger partial charge in [-0.2, -0.15) is 0 Å². The second-order valence-corrected chi connectivity index (χ2v) is 2.41. The third kappa shape index (κ3) is 2.30. The molecule has 1 fully saturated rings. The van der Waals surface area contributed by atoms with E-state index in [0.29, 0.717) is 6.54 Å². The molecule has 0 radical (unpaired) electrons. The zero-order valence-electron chi connectivity index (χ0n) is 5.47. The first-order valence-corrected chi connectivity index (χ1v) is 3.27. The van der Waals surface area contributed by atoms with Crippen molar-refractivity contribution >= 4 is 0 Å². The van der Waals surface area contributed by atoms with Crippen molar-refractivity contribution in [1.29, 1.82) is 0 Å². The maximum absolute atomic E-state index is 8.74. The van der Waals surface area contributed by atoms with Crippen molar-refractivity contribution in [2.24, 2.45) is 0 Å². The van der Waals surface area contributed by atoms with Crippen molar-refractivity contribution in [1.82, 2.24) is 0 Å². The minimum atomic E-state index is 0.238. The van der Waals surface area contributed by atoms with E-state index >= 15 is 0 Å². The molecule has 0 spiro atoms. The number of rotatable bonds is 2. The first-order valence-electron chi connectivity index (χ1n) is 3.27. The Morgan fingerprint density at radius 1 is 1.78 bits per heavy atom. The van der Waals surface area contributed by atoms with E-state index in [1.807, 2.05) is 0 Å². The van der Waals surface area contributed by atoms with Gasteiger partial charge in [0.2, 0.25) is 0 Å². The van der Waals surface area contributed by atoms with E-state index in [4.69, 9.17) is 9.94 Å². The highest BCUT2D eigenvalue weighted by atomic mass is 16.5. The molecule has 0 aromatic rings. The molecule has 0 aromatic carbocycles. The van der Waals surface area contributed by atoms with Crippen LogP contribution in [-0.2, 0) is 4.74 Å². The molecule has 9 heavy (non-hydrogen) atoms. The minimum Gasteiger partial charge on any atom is -0.372 e. The summed E-state index contributed by atoms with van der Waals surface area (Å²) >= 11 is 0. The monoisotopic (exact) mass is 131 g/mol. The van der Waals surface area contributed by atoms with Crippen LogP contribution in [-0.4, -0.2) is 24.5 Å². The minimum absolute atomic E-state index is 0.238. The summed E-state index contributed by atoms with van der Waals surface area (Å²) in [6.07, 6.45) is 2.43. The summed E-state index contributed by atoms with van der Waals surface area (Å²) in [6, 6.07) is 0. The number of quaternary nitrogens is 1. The van der Waals surface area contributed by atoms with Crippen molar-refractivity contribution in [3.63, 3.8) is 0 Å². The number of hydrogen-bond donors (Lipinski definition) is 2. The van der Waals surface area contributed by atoms with Gasteiger partial charge in [0.05, 0.1) is 0 Å². The van der Waals surface area contributed by atoms with Gasteiger partial charge >= 0.3 is 0 Å². The van der Waals surface area contributed by atoms with Crippen molar-refractivity contribution in [3.05, 3.63) is 7.05 Å². The Morgan fingerprint density at radius 3 is 3.00 bits per heavy atom. The molecule has 54 valence electrons. The fourth-order valence-corrected chi connectivity index (χ4v) is 1.07. The van der Waals surface area contributed by atoms with E-state index in [-0.39, 0.29) is 11.2 Å². The molecule has 0 aliphatic carbocycles. The molecule has 0 amide bonds. The Kier molecular flexibility index (Phi) is 2.45. The van der Waals surface area contributed by atoms with E-state index < -0.39 is 0 Å². The summed E-state index contributed by atoms with van der Waals surface area (Å²) in [6.45, 7) is 1.46. The van der Waals surface area contributed by atoms with Crippen molar-refractivity contribution in [2.45, 2.75) is 18.9 Å². The molecule has 0 saturated carbocycles. The predicted molar refractivity (Wildman–Crippen MR) is 31.9 cm³/mol. The summed E-state index contributed by atoms with van der Waals surface area (Å²) in [7, 11) is 3.39. The summed E-state index contributed by atoms with van der Waals surface area (Å²) in [5.74, 6) is 0. The highest BCUT2D eigenvalue weighted by Crippen LogP contribution is 2.09. The molecular weight excluding hydrogens is 118 g/mol. The normalized spacial score (nSPS) is 30.7. The maximum Gasteiger partial charge on any atom is 0.108 e. The molecule has 3 nitrogen and oxygen atoms in total. The van der Waals surface area contributed by atoms with Gasteiger partial charge in [-0.3, -0.25) is 0 Å². The standard InChI is InChI=1S/C6H13NO2/c1-7(8)5-6-3-2-4-9-6/h6-8H,1-5H2. The van der Waals surface area contributed by atoms with Gasteiger partial charge in [0.1, 0.15) is 12.6 Å². The lowest BCUT2D eigenvalue weighted by atomic mass is 10.2. The van der Waals surface area contributed by atoms with Crippen LogP contribution in [0.2, 0.25) is 0 Å². The van der Waals surface area contributed by atoms with E-state index in [9.17, 15) is 0 Å². The number of ether oxygens (including phenoxy) is 1. The highest BCUT2D eigenvalue weighted by Gasteiger charge is 2.16. The first kappa shape index (κ1) is 6.99. The Hall–Kier alpha value is -0.120. The summed E-state index contributed by atoms with van der Waals surface area (Å²) in [5.41, 5.74) is 0. The third-order valence-corrected chi connectivity index (χ3v) is 1.49. The van der Waals surface area contributed by atoms with Crippen LogP contribution < -0.4 is 5.06 Å². The lowest BCUT2D eigenvalue weighted by Gasteiger charge is -2.14. The number of hydrogen-bond acceptors (Lipinski definition) is 2. The van der Waals surface area contributed by atoms with E-state index in [1.54, 1.807) is 0 Å². The topological polar surface area (TPSA) is 33.9 Å². The van der Waals surface area contributed by atoms with Gasteiger partial charge in [0.25, 0.3) is 0 Å². The Morgan fingerprint density at radius 2 is 2.56 bits per heavy atom. The maximum atomic E-state index is 8.74. The van der Waals surface area contributed by atoms with Gasteiger partial charge in [-0.15, -0.1) is 7.05 Å². The molecule has 1 aliphatic heterocycles. The average Bonchev–Trinajstić information content (AvgIpc) is 2.15. The molecule has 2 N–H and O–H groups in total. The van der Waals surface area contributed by atoms with Gasteiger partial charge in [-0.05, 0) is 12.8 Å². The Labute approximate surface area is 55.2 Å². The first-order chi connectivity index (χ1) is 4.29. The highest BCUT2D eigenvalue weighted by molar-refractivity contribution is 4.61. The molecule has 1 aliphatic rings. The van der Waals surface area contributed by atoms with Crippen LogP contribution in [0.3, 0.4) is 0 Å². The van der Waals surface area contributed by atoms with Gasteiger partial charge < -0.3 is 9.80 Å². The zero-order chi connectivity index (χ0) is 6.69. The molecular formula is C6H13NO2. The van der Waals surface area contributed by atoms with Crippen molar-refractivity contribution in [3.8, 4) is 0 Å². The second kappa shape index (κ2) is 3.15. The quantitative estimate of drug-likeness (QED) is 0.381. The SMILES string of the molecule is [CH2-][NH+](O)CC1CCCO1. The van der Waals surface area contributed by atoms with Crippen LogP contribution in [0.5, 0.6) is 0 Å². The largest absolute Gasteiger partial charge is 0.372 e. The molecule has 1 heterocycles. The Bertz CT molecular complexity index is 79.1. The molecule has 2 atom stereocenters. The van der Waals surface area contributed by atoms with Gasteiger partial charge in [0.15, 0.2) is 0 Å². The van der Waals surface area contributed by atoms with Gasteiger partial charge in [-0.1, -0.05) is 0 Å². The average molecular weight is 131 g/mol. The van der Waals surface area contributed by atoms with Crippen LogP contribution >= 0.6 is 0 Å². The van der Waals surface area contributed by atoms with Crippen LogP contribution in [0.4, 0.5) is 0 Å². The molecule has 0 aromatic heterocycles. The lowest BCUT2D eigenvalue weighted by Crippen LogP contribution is -3.05. The van der Waals surface area contributed by atoms with Gasteiger partial charge in [-0.25, -0.2) is 5.21 Å². The van der Waals surface area contributed by atoms with Crippen LogP contribution in [0.25, 0.3) is 0 Å². The summed E-state index contributed by atoms with van der Waals surface area (Å²) in [5, 5.41) is 8.98. The molecule has 0 bridgehead atoms. The molecule has 2 unspecified atom stereocenters. The molecule has 3 heteroatoms. The van der Waals surface area contributed by atoms with Crippen LogP contribution in [0.1, 0.15) is 12.8 Å². The van der Waals surface area contributed by atoms with Crippen molar-refractivity contribution in [2.75, 3.05) is 13.2 Å². The van der Waals surface area contributed by atoms with E-state index in [0.717, 1.165) is 19.4 Å².